The highest BCUT2D eigenvalue weighted by molar-refractivity contribution is 6.05. The van der Waals surface area contributed by atoms with Gasteiger partial charge in [-0.15, -0.1) is 0 Å². The third-order valence-electron chi connectivity index (χ3n) is 3.29. The molecule has 0 aliphatic heterocycles. The third kappa shape index (κ3) is 2.18. The van der Waals surface area contributed by atoms with E-state index in [0.717, 1.165) is 0 Å². The van der Waals surface area contributed by atoms with Crippen LogP contribution < -0.4 is 11.3 Å². The molecule has 0 saturated heterocycles. The van der Waals surface area contributed by atoms with Gasteiger partial charge in [0.1, 0.15) is 5.82 Å². The number of pyridine rings is 1. The molecule has 0 unspecified atom stereocenters. The molecule has 0 aliphatic carbocycles. The van der Waals surface area contributed by atoms with Crippen LogP contribution in [0.5, 0.6) is 0 Å². The zero-order valence-corrected chi connectivity index (χ0v) is 10.9. The Morgan fingerprint density at radius 3 is 2.24 bits per heavy atom. The third-order valence-corrected chi connectivity index (χ3v) is 3.29. The number of nitrogens with zero attached hydrogens (tertiary/aromatic N) is 1. The van der Waals surface area contributed by atoms with Crippen molar-refractivity contribution in [2.75, 3.05) is 0 Å². The number of carbonyl (C=O) groups is 1. The Bertz CT molecular complexity index is 898. The van der Waals surface area contributed by atoms with Gasteiger partial charge in [0, 0.05) is 22.7 Å². The lowest BCUT2D eigenvalue weighted by Gasteiger charge is -2.10. The summed E-state index contributed by atoms with van der Waals surface area (Å²) >= 11 is 0. The summed E-state index contributed by atoms with van der Waals surface area (Å²) in [4.78, 5) is 24.1. The highest BCUT2D eigenvalue weighted by atomic mass is 19.1. The minimum absolute atomic E-state index is 0.245. The van der Waals surface area contributed by atoms with Crippen LogP contribution in [0.25, 0.3) is 16.5 Å². The first-order valence-electron chi connectivity index (χ1n) is 6.28. The Morgan fingerprint density at radius 1 is 1.00 bits per heavy atom. The maximum Gasteiger partial charge on any atom is 0.262 e. The number of carbonyl (C=O) groups excluding carboxylic acids is 1. The SMILES string of the molecule is NC(=O)c1cn(-c2ccc(F)cc2)c(=O)c2ccccc12. The van der Waals surface area contributed by atoms with E-state index >= 15 is 0 Å². The Hall–Kier alpha value is -2.95. The highest BCUT2D eigenvalue weighted by Crippen LogP contribution is 2.17. The molecule has 0 bridgehead atoms. The Labute approximate surface area is 119 Å². The van der Waals surface area contributed by atoms with Gasteiger partial charge in [0.05, 0.1) is 5.56 Å². The van der Waals surface area contributed by atoms with Gasteiger partial charge in [0.15, 0.2) is 0 Å². The van der Waals surface area contributed by atoms with Gasteiger partial charge in [0.2, 0.25) is 0 Å². The molecule has 0 radical (unpaired) electrons. The summed E-state index contributed by atoms with van der Waals surface area (Å²) in [5.74, 6) is -1.02. The molecule has 3 aromatic rings. The maximum absolute atomic E-state index is 13.0. The van der Waals surface area contributed by atoms with E-state index < -0.39 is 11.7 Å². The number of rotatable bonds is 2. The summed E-state index contributed by atoms with van der Waals surface area (Å²) in [6.07, 6.45) is 1.39. The minimum atomic E-state index is -0.623. The molecule has 0 atom stereocenters. The molecule has 0 fully saturated rings. The van der Waals surface area contributed by atoms with Crippen LogP contribution in [0.2, 0.25) is 0 Å². The van der Waals surface area contributed by atoms with Gasteiger partial charge < -0.3 is 5.73 Å². The van der Waals surface area contributed by atoms with Gasteiger partial charge in [-0.1, -0.05) is 18.2 Å². The number of aromatic nitrogens is 1. The predicted octanol–water partition coefficient (Wildman–Crippen LogP) is 2.23. The molecule has 4 nitrogen and oxygen atoms in total. The standard InChI is InChI=1S/C16H11FN2O2/c17-10-5-7-11(8-6-10)19-9-14(15(18)20)12-3-1-2-4-13(12)16(19)21/h1-9H,(H2,18,20). The lowest BCUT2D eigenvalue weighted by Crippen LogP contribution is -2.22. The van der Waals surface area contributed by atoms with Crippen molar-refractivity contribution in [2.24, 2.45) is 5.73 Å². The minimum Gasteiger partial charge on any atom is -0.366 e. The number of benzene rings is 2. The van der Waals surface area contributed by atoms with Crippen molar-refractivity contribution in [2.45, 2.75) is 0 Å². The van der Waals surface area contributed by atoms with Crippen molar-refractivity contribution in [3.05, 3.63) is 76.5 Å². The van der Waals surface area contributed by atoms with Crippen LogP contribution in [0.3, 0.4) is 0 Å². The molecule has 21 heavy (non-hydrogen) atoms. The van der Waals surface area contributed by atoms with E-state index in [0.29, 0.717) is 16.5 Å². The predicted molar refractivity (Wildman–Crippen MR) is 78.0 cm³/mol. The molecule has 0 saturated carbocycles. The number of hydrogen-bond acceptors (Lipinski definition) is 2. The van der Waals surface area contributed by atoms with Gasteiger partial charge in [-0.05, 0) is 30.3 Å². The van der Waals surface area contributed by atoms with Crippen LogP contribution in [0.4, 0.5) is 4.39 Å². The fraction of sp³-hybridized carbons (Fsp3) is 0. The van der Waals surface area contributed by atoms with Crippen LogP contribution in [0.1, 0.15) is 10.4 Å². The van der Waals surface area contributed by atoms with E-state index in [9.17, 15) is 14.0 Å². The molecule has 0 aliphatic rings. The summed E-state index contributed by atoms with van der Waals surface area (Å²) in [6, 6.07) is 12.2. The summed E-state index contributed by atoms with van der Waals surface area (Å²) < 4.78 is 14.3. The fourth-order valence-electron chi connectivity index (χ4n) is 2.28. The van der Waals surface area contributed by atoms with E-state index in [4.69, 9.17) is 5.73 Å². The van der Waals surface area contributed by atoms with Crippen LogP contribution in [-0.2, 0) is 0 Å². The Morgan fingerprint density at radius 2 is 1.62 bits per heavy atom. The number of fused-ring (bicyclic) bond motifs is 1. The van der Waals surface area contributed by atoms with E-state index in [1.165, 1.54) is 35.0 Å². The molecule has 5 heteroatoms. The van der Waals surface area contributed by atoms with Crippen molar-refractivity contribution in [1.82, 2.24) is 4.57 Å². The molecule has 1 aromatic heterocycles. The summed E-state index contributed by atoms with van der Waals surface area (Å²) in [7, 11) is 0. The van der Waals surface area contributed by atoms with Crippen molar-refractivity contribution in [3.8, 4) is 5.69 Å². The van der Waals surface area contributed by atoms with E-state index in [1.807, 2.05) is 0 Å². The average molecular weight is 282 g/mol. The number of primary amides is 1. The van der Waals surface area contributed by atoms with Crippen LogP contribution in [0, 0.1) is 5.82 Å². The Kier molecular flexibility index (Phi) is 3.02. The second kappa shape index (κ2) is 4.86. The smallest absolute Gasteiger partial charge is 0.262 e. The zero-order chi connectivity index (χ0) is 15.0. The fourth-order valence-corrected chi connectivity index (χ4v) is 2.28. The van der Waals surface area contributed by atoms with E-state index in [2.05, 4.69) is 0 Å². The number of halogens is 1. The van der Waals surface area contributed by atoms with Crippen molar-refractivity contribution in [1.29, 1.82) is 0 Å². The first-order valence-corrected chi connectivity index (χ1v) is 6.28. The Balaban J connectivity index is 2.39. The van der Waals surface area contributed by atoms with Gasteiger partial charge in [-0.25, -0.2) is 4.39 Å². The molecule has 2 N–H and O–H groups in total. The van der Waals surface area contributed by atoms with Crippen LogP contribution >= 0.6 is 0 Å². The lowest BCUT2D eigenvalue weighted by molar-refractivity contribution is 0.100. The zero-order valence-electron chi connectivity index (χ0n) is 10.9. The highest BCUT2D eigenvalue weighted by Gasteiger charge is 2.13. The van der Waals surface area contributed by atoms with Gasteiger partial charge in [0.25, 0.3) is 11.5 Å². The van der Waals surface area contributed by atoms with Crippen molar-refractivity contribution < 1.29 is 9.18 Å². The molecule has 2 aromatic carbocycles. The molecular weight excluding hydrogens is 271 g/mol. The van der Waals surface area contributed by atoms with E-state index in [-0.39, 0.29) is 11.1 Å². The topological polar surface area (TPSA) is 65.1 Å². The average Bonchev–Trinajstić information content (AvgIpc) is 2.49. The number of nitrogens with two attached hydrogens (primary N) is 1. The second-order valence-electron chi connectivity index (χ2n) is 4.60. The second-order valence-corrected chi connectivity index (χ2v) is 4.60. The molecule has 1 amide bonds. The number of hydrogen-bond donors (Lipinski definition) is 1. The molecule has 3 rings (SSSR count). The summed E-state index contributed by atoms with van der Waals surface area (Å²) in [5, 5.41) is 0.895. The van der Waals surface area contributed by atoms with Crippen molar-refractivity contribution >= 4 is 16.7 Å². The van der Waals surface area contributed by atoms with E-state index in [1.54, 1.807) is 24.3 Å². The molecule has 104 valence electrons. The first kappa shape index (κ1) is 13.1. The number of amides is 1. The first-order chi connectivity index (χ1) is 10.1. The van der Waals surface area contributed by atoms with Crippen LogP contribution in [0.15, 0.2) is 59.5 Å². The lowest BCUT2D eigenvalue weighted by atomic mass is 10.1. The van der Waals surface area contributed by atoms with Crippen molar-refractivity contribution in [3.63, 3.8) is 0 Å². The monoisotopic (exact) mass is 282 g/mol. The van der Waals surface area contributed by atoms with Gasteiger partial charge in [-0.2, -0.15) is 0 Å². The summed E-state index contributed by atoms with van der Waals surface area (Å²) in [6.45, 7) is 0. The summed E-state index contributed by atoms with van der Waals surface area (Å²) in [5.41, 5.74) is 5.81. The normalized spacial score (nSPS) is 10.7. The van der Waals surface area contributed by atoms with Gasteiger partial charge >= 0.3 is 0 Å². The molecule has 0 spiro atoms. The quantitative estimate of drug-likeness (QED) is 0.783. The van der Waals surface area contributed by atoms with Gasteiger partial charge in [-0.3, -0.25) is 14.2 Å². The largest absolute Gasteiger partial charge is 0.366 e. The van der Waals surface area contributed by atoms with Crippen LogP contribution in [-0.4, -0.2) is 10.5 Å². The molecule has 1 heterocycles. The maximum atomic E-state index is 13.0. The molecular formula is C16H11FN2O2.